The van der Waals surface area contributed by atoms with Gasteiger partial charge in [0.25, 0.3) is 0 Å². The molecule has 36 heavy (non-hydrogen) atoms. The lowest BCUT2D eigenvalue weighted by Crippen LogP contribution is -2.43. The molecule has 0 fully saturated rings. The maximum absolute atomic E-state index is 13.6. The molecule has 0 bridgehead atoms. The van der Waals surface area contributed by atoms with E-state index in [1.165, 1.54) is 29.8 Å². The quantitative estimate of drug-likeness (QED) is 0.279. The summed E-state index contributed by atoms with van der Waals surface area (Å²) in [6, 6.07) is 24.8. The summed E-state index contributed by atoms with van der Waals surface area (Å²) >= 11 is 4.45. The van der Waals surface area contributed by atoms with Gasteiger partial charge in [0.1, 0.15) is 5.75 Å². The van der Waals surface area contributed by atoms with Crippen LogP contribution in [0, 0.1) is 0 Å². The molecule has 1 aliphatic rings. The molecule has 4 aromatic carbocycles. The van der Waals surface area contributed by atoms with Crippen molar-refractivity contribution in [2.45, 2.75) is 36.7 Å². The fourth-order valence-corrected chi connectivity index (χ4v) is 4.95. The number of carbonyl (C=O) groups is 1. The van der Waals surface area contributed by atoms with Crippen molar-refractivity contribution in [2.24, 2.45) is 0 Å². The Morgan fingerprint density at radius 1 is 0.944 bits per heavy atom. The van der Waals surface area contributed by atoms with Gasteiger partial charge in [0, 0.05) is 23.2 Å². The van der Waals surface area contributed by atoms with Gasteiger partial charge in [-0.3, -0.25) is 0 Å². The van der Waals surface area contributed by atoms with Gasteiger partial charge in [0.05, 0.1) is 0 Å². The number of carbonyl (C=O) groups excluding carboxylic acids is 1. The number of urea groups is 1. The summed E-state index contributed by atoms with van der Waals surface area (Å²) in [5.41, 5.74) is 3.74. The number of ether oxygens (including phenoxy) is 1. The molecule has 8 heteroatoms. The Morgan fingerprint density at radius 2 is 1.67 bits per heavy atom. The van der Waals surface area contributed by atoms with E-state index < -0.39 is 6.36 Å². The maximum Gasteiger partial charge on any atom is 0.573 e. The maximum atomic E-state index is 13.6. The van der Waals surface area contributed by atoms with Crippen LogP contribution in [0.5, 0.6) is 5.75 Å². The second-order valence-corrected chi connectivity index (χ2v) is 9.30. The molecular formula is C28H23F3N2O2S. The van der Waals surface area contributed by atoms with Crippen LogP contribution in [0.4, 0.5) is 23.7 Å². The van der Waals surface area contributed by atoms with Gasteiger partial charge in [-0.1, -0.05) is 48.5 Å². The van der Waals surface area contributed by atoms with E-state index in [1.807, 2.05) is 60.7 Å². The summed E-state index contributed by atoms with van der Waals surface area (Å²) in [5.74, 6) is -0.345. The topological polar surface area (TPSA) is 41.6 Å². The van der Waals surface area contributed by atoms with E-state index in [9.17, 15) is 18.0 Å². The van der Waals surface area contributed by atoms with Crippen molar-refractivity contribution in [1.29, 1.82) is 0 Å². The molecule has 0 saturated heterocycles. The van der Waals surface area contributed by atoms with Gasteiger partial charge >= 0.3 is 12.4 Å². The number of benzene rings is 4. The van der Waals surface area contributed by atoms with E-state index in [-0.39, 0.29) is 17.8 Å². The third kappa shape index (κ3) is 5.44. The monoisotopic (exact) mass is 508 g/mol. The molecule has 4 nitrogen and oxygen atoms in total. The van der Waals surface area contributed by atoms with Gasteiger partial charge in [-0.05, 0) is 76.7 Å². The summed E-state index contributed by atoms with van der Waals surface area (Å²) in [6.07, 6.45) is -3.37. The fourth-order valence-electron chi connectivity index (χ4n) is 4.72. The molecule has 1 N–H and O–H groups in total. The lowest BCUT2D eigenvalue weighted by molar-refractivity contribution is -0.274. The predicted molar refractivity (Wildman–Crippen MR) is 137 cm³/mol. The lowest BCUT2D eigenvalue weighted by Gasteiger charge is -2.30. The predicted octanol–water partition coefficient (Wildman–Crippen LogP) is 7.23. The van der Waals surface area contributed by atoms with E-state index in [0.29, 0.717) is 25.1 Å². The smallest absolute Gasteiger partial charge is 0.406 e. The minimum atomic E-state index is -4.77. The zero-order valence-corrected chi connectivity index (χ0v) is 20.0. The number of hydrogen-bond acceptors (Lipinski definition) is 3. The number of hydrogen-bond donors (Lipinski definition) is 2. The Labute approximate surface area is 212 Å². The summed E-state index contributed by atoms with van der Waals surface area (Å²) in [4.78, 5) is 16.2. The Hall–Kier alpha value is -3.65. The number of nitrogens with zero attached hydrogens (tertiary/aromatic N) is 1. The van der Waals surface area contributed by atoms with Crippen LogP contribution >= 0.6 is 12.6 Å². The molecule has 1 unspecified atom stereocenters. The first-order valence-corrected chi connectivity index (χ1v) is 11.9. The van der Waals surface area contributed by atoms with Crippen LogP contribution in [-0.4, -0.2) is 23.3 Å². The number of halogens is 3. The van der Waals surface area contributed by atoms with Crippen molar-refractivity contribution >= 4 is 35.1 Å². The first kappa shape index (κ1) is 24.1. The van der Waals surface area contributed by atoms with Gasteiger partial charge in [-0.25, -0.2) is 4.79 Å². The summed E-state index contributed by atoms with van der Waals surface area (Å²) in [7, 11) is 0. The second kappa shape index (κ2) is 9.78. The Kier molecular flexibility index (Phi) is 6.53. The van der Waals surface area contributed by atoms with Crippen LogP contribution in [0.25, 0.3) is 10.8 Å². The molecule has 2 amide bonds. The van der Waals surface area contributed by atoms with E-state index >= 15 is 0 Å². The first-order valence-electron chi connectivity index (χ1n) is 11.5. The van der Waals surface area contributed by atoms with Crippen LogP contribution in [0.3, 0.4) is 0 Å². The molecule has 1 atom stereocenters. The first-order chi connectivity index (χ1) is 17.2. The zero-order chi connectivity index (χ0) is 25.3. The van der Waals surface area contributed by atoms with E-state index in [2.05, 4.69) is 22.7 Å². The van der Waals surface area contributed by atoms with Crippen LogP contribution < -0.4 is 10.1 Å². The summed E-state index contributed by atoms with van der Waals surface area (Å²) in [6.45, 7) is 0.384. The number of thiol groups is 1. The largest absolute Gasteiger partial charge is 0.573 e. The zero-order valence-electron chi connectivity index (χ0n) is 19.1. The summed E-state index contributed by atoms with van der Waals surface area (Å²) in [5, 5.41) is 5.01. The van der Waals surface area contributed by atoms with E-state index in [4.69, 9.17) is 0 Å². The second-order valence-electron chi connectivity index (χ2n) is 8.78. The van der Waals surface area contributed by atoms with Crippen LogP contribution in [0.15, 0.2) is 89.8 Å². The standard InChI is InChI=1S/C28H23F3N2O2S/c29-28(30,31)35-24-11-9-22(10-12-24)32-27(34)33(23-14-19-8-13-25(36)16-21(19)15-23)17-20-6-3-5-18-4-1-2-7-26(18)20/h1-13,16,23,36H,14-15,17H2,(H,32,34). The number of fused-ring (bicyclic) bond motifs is 2. The van der Waals surface area contributed by atoms with Crippen molar-refractivity contribution in [1.82, 2.24) is 4.90 Å². The highest BCUT2D eigenvalue weighted by atomic mass is 32.1. The van der Waals surface area contributed by atoms with Crippen molar-refractivity contribution in [3.8, 4) is 5.75 Å². The van der Waals surface area contributed by atoms with Gasteiger partial charge in [0.2, 0.25) is 0 Å². The van der Waals surface area contributed by atoms with Crippen molar-refractivity contribution in [3.05, 3.63) is 102 Å². The number of rotatable bonds is 5. The molecule has 184 valence electrons. The fraction of sp³-hybridized carbons (Fsp3) is 0.179. The molecule has 0 radical (unpaired) electrons. The van der Waals surface area contributed by atoms with Crippen LogP contribution in [-0.2, 0) is 19.4 Å². The number of amides is 2. The van der Waals surface area contributed by atoms with Crippen molar-refractivity contribution in [3.63, 3.8) is 0 Å². The highest BCUT2D eigenvalue weighted by molar-refractivity contribution is 7.80. The average Bonchev–Trinajstić information content (AvgIpc) is 3.25. The van der Waals surface area contributed by atoms with Gasteiger partial charge in [-0.15, -0.1) is 25.8 Å². The third-order valence-electron chi connectivity index (χ3n) is 6.36. The van der Waals surface area contributed by atoms with Crippen molar-refractivity contribution < 1.29 is 22.7 Å². The molecular weight excluding hydrogens is 485 g/mol. The van der Waals surface area contributed by atoms with Crippen LogP contribution in [0.2, 0.25) is 0 Å². The molecule has 5 rings (SSSR count). The molecule has 0 saturated carbocycles. The minimum absolute atomic E-state index is 0.0815. The molecule has 4 aromatic rings. The van der Waals surface area contributed by atoms with E-state index in [1.54, 1.807) is 4.90 Å². The SMILES string of the molecule is O=C(Nc1ccc(OC(F)(F)F)cc1)N(Cc1cccc2ccccc12)C1Cc2ccc(S)cc2C1. The molecule has 0 aliphatic heterocycles. The molecule has 1 aliphatic carbocycles. The Balaban J connectivity index is 1.41. The van der Waals surface area contributed by atoms with Gasteiger partial charge in [0.15, 0.2) is 0 Å². The Morgan fingerprint density at radius 3 is 2.44 bits per heavy atom. The van der Waals surface area contributed by atoms with Gasteiger partial charge in [-0.2, -0.15) is 0 Å². The molecule has 0 aromatic heterocycles. The Bertz CT molecular complexity index is 1400. The van der Waals surface area contributed by atoms with E-state index in [0.717, 1.165) is 26.8 Å². The molecule has 0 spiro atoms. The third-order valence-corrected chi connectivity index (χ3v) is 6.64. The average molecular weight is 509 g/mol. The lowest BCUT2D eigenvalue weighted by atomic mass is 10.0. The van der Waals surface area contributed by atoms with Crippen LogP contribution in [0.1, 0.15) is 16.7 Å². The minimum Gasteiger partial charge on any atom is -0.406 e. The van der Waals surface area contributed by atoms with Crippen molar-refractivity contribution in [2.75, 3.05) is 5.32 Å². The number of alkyl halides is 3. The number of nitrogens with one attached hydrogen (secondary N) is 1. The summed E-state index contributed by atoms with van der Waals surface area (Å²) < 4.78 is 41.4. The highest BCUT2D eigenvalue weighted by Gasteiger charge is 2.32. The molecule has 0 heterocycles. The normalized spacial score (nSPS) is 14.9. The van der Waals surface area contributed by atoms with Gasteiger partial charge < -0.3 is 15.0 Å². The highest BCUT2D eigenvalue weighted by Crippen LogP contribution is 2.31. The number of anilines is 1.